The summed E-state index contributed by atoms with van der Waals surface area (Å²) in [6.07, 6.45) is 2.99. The molecule has 1 rings (SSSR count). The molecule has 15 heavy (non-hydrogen) atoms. The summed E-state index contributed by atoms with van der Waals surface area (Å²) in [5.74, 6) is 0.670. The zero-order valence-electron chi connectivity index (χ0n) is 9.79. The minimum absolute atomic E-state index is 0.256. The predicted molar refractivity (Wildman–Crippen MR) is 66.0 cm³/mol. The highest BCUT2D eigenvalue weighted by molar-refractivity contribution is 7.11. The summed E-state index contributed by atoms with van der Waals surface area (Å²) in [6, 6.07) is 0.256. The van der Waals surface area contributed by atoms with Crippen molar-refractivity contribution in [2.75, 3.05) is 6.54 Å². The molecule has 0 fully saturated rings. The maximum atomic E-state index is 5.96. The highest BCUT2D eigenvalue weighted by Crippen LogP contribution is 2.10. The van der Waals surface area contributed by atoms with Gasteiger partial charge in [-0.15, -0.1) is 11.3 Å². The molecule has 1 aromatic heterocycles. The number of aromatic nitrogens is 1. The van der Waals surface area contributed by atoms with Gasteiger partial charge in [-0.2, -0.15) is 0 Å². The Labute approximate surface area is 96.1 Å². The van der Waals surface area contributed by atoms with Crippen molar-refractivity contribution in [2.45, 2.75) is 39.8 Å². The van der Waals surface area contributed by atoms with Crippen molar-refractivity contribution in [3.8, 4) is 0 Å². The maximum absolute atomic E-state index is 5.96. The first-order chi connectivity index (χ1) is 7.08. The Morgan fingerprint density at radius 1 is 1.53 bits per heavy atom. The van der Waals surface area contributed by atoms with Crippen molar-refractivity contribution >= 4 is 11.3 Å². The van der Waals surface area contributed by atoms with Crippen LogP contribution >= 0.6 is 11.3 Å². The number of thiazole rings is 1. The van der Waals surface area contributed by atoms with E-state index in [4.69, 9.17) is 5.73 Å². The van der Waals surface area contributed by atoms with Gasteiger partial charge in [0, 0.05) is 30.2 Å². The van der Waals surface area contributed by atoms with E-state index in [1.165, 1.54) is 4.88 Å². The summed E-state index contributed by atoms with van der Waals surface area (Å²) in [5, 5.41) is 4.49. The molecule has 3 N–H and O–H groups in total. The zero-order valence-corrected chi connectivity index (χ0v) is 10.6. The van der Waals surface area contributed by atoms with Crippen LogP contribution in [0.5, 0.6) is 0 Å². The van der Waals surface area contributed by atoms with Crippen molar-refractivity contribution in [1.29, 1.82) is 0 Å². The van der Waals surface area contributed by atoms with Gasteiger partial charge >= 0.3 is 0 Å². The molecule has 0 amide bonds. The molecule has 3 nitrogen and oxygen atoms in total. The van der Waals surface area contributed by atoms with Gasteiger partial charge in [0.05, 0.1) is 0 Å². The zero-order chi connectivity index (χ0) is 11.3. The highest BCUT2D eigenvalue weighted by Gasteiger charge is 2.05. The maximum Gasteiger partial charge on any atom is 0.107 e. The largest absolute Gasteiger partial charge is 0.327 e. The van der Waals surface area contributed by atoms with Crippen molar-refractivity contribution in [3.63, 3.8) is 0 Å². The molecule has 0 aliphatic heterocycles. The molecule has 0 aromatic carbocycles. The van der Waals surface area contributed by atoms with Crippen LogP contribution in [0.2, 0.25) is 0 Å². The quantitative estimate of drug-likeness (QED) is 0.780. The summed E-state index contributed by atoms with van der Waals surface area (Å²) in [4.78, 5) is 5.55. The van der Waals surface area contributed by atoms with Crippen LogP contribution in [-0.2, 0) is 6.54 Å². The smallest absolute Gasteiger partial charge is 0.107 e. The van der Waals surface area contributed by atoms with Gasteiger partial charge < -0.3 is 11.1 Å². The van der Waals surface area contributed by atoms with Crippen molar-refractivity contribution in [1.82, 2.24) is 10.3 Å². The lowest BCUT2D eigenvalue weighted by atomic mass is 10.0. The van der Waals surface area contributed by atoms with Gasteiger partial charge in [-0.1, -0.05) is 13.8 Å². The van der Waals surface area contributed by atoms with Crippen LogP contribution in [0.3, 0.4) is 0 Å². The summed E-state index contributed by atoms with van der Waals surface area (Å²) < 4.78 is 0. The highest BCUT2D eigenvalue weighted by atomic mass is 32.1. The summed E-state index contributed by atoms with van der Waals surface area (Å²) in [7, 11) is 0. The fourth-order valence-electron chi connectivity index (χ4n) is 1.54. The molecule has 1 atom stereocenters. The number of nitrogens with two attached hydrogens (primary N) is 1. The molecule has 4 heteroatoms. The molecule has 0 radical (unpaired) electrons. The Balaban J connectivity index is 2.16. The van der Waals surface area contributed by atoms with Crippen LogP contribution in [0.15, 0.2) is 6.20 Å². The van der Waals surface area contributed by atoms with Crippen LogP contribution in [-0.4, -0.2) is 17.6 Å². The van der Waals surface area contributed by atoms with Gasteiger partial charge in [0.2, 0.25) is 0 Å². The van der Waals surface area contributed by atoms with E-state index in [-0.39, 0.29) is 6.04 Å². The first kappa shape index (κ1) is 12.6. The molecule has 0 aliphatic rings. The molecule has 86 valence electrons. The van der Waals surface area contributed by atoms with E-state index >= 15 is 0 Å². The number of hydrogen-bond acceptors (Lipinski definition) is 4. The third-order valence-electron chi connectivity index (χ3n) is 2.13. The fraction of sp³-hybridized carbons (Fsp3) is 0.727. The van der Waals surface area contributed by atoms with E-state index in [2.05, 4.69) is 31.1 Å². The minimum atomic E-state index is 0.256. The third-order valence-corrected chi connectivity index (χ3v) is 3.04. The monoisotopic (exact) mass is 227 g/mol. The number of aryl methyl sites for hydroxylation is 1. The first-order valence-corrected chi connectivity index (χ1v) is 6.27. The van der Waals surface area contributed by atoms with Gasteiger partial charge in [0.15, 0.2) is 0 Å². The minimum Gasteiger partial charge on any atom is -0.327 e. The molecule has 1 unspecified atom stereocenters. The SMILES string of the molecule is Cc1cnc(CNCC(N)CC(C)C)s1. The lowest BCUT2D eigenvalue weighted by Gasteiger charge is -2.14. The number of nitrogens with zero attached hydrogens (tertiary/aromatic N) is 1. The van der Waals surface area contributed by atoms with E-state index in [1.54, 1.807) is 11.3 Å². The second-order valence-electron chi connectivity index (χ2n) is 4.39. The molecular formula is C11H21N3S. The molecule has 0 aliphatic carbocycles. The summed E-state index contributed by atoms with van der Waals surface area (Å²) in [5.41, 5.74) is 5.96. The summed E-state index contributed by atoms with van der Waals surface area (Å²) in [6.45, 7) is 8.18. The van der Waals surface area contributed by atoms with E-state index < -0.39 is 0 Å². The topological polar surface area (TPSA) is 50.9 Å². The average molecular weight is 227 g/mol. The van der Waals surface area contributed by atoms with Gasteiger partial charge in [0.25, 0.3) is 0 Å². The normalized spacial score (nSPS) is 13.4. The molecule has 0 bridgehead atoms. The van der Waals surface area contributed by atoms with Crippen LogP contribution in [0.25, 0.3) is 0 Å². The van der Waals surface area contributed by atoms with Crippen molar-refractivity contribution in [2.24, 2.45) is 11.7 Å². The van der Waals surface area contributed by atoms with E-state index in [1.807, 2.05) is 6.20 Å². The van der Waals surface area contributed by atoms with Crippen LogP contribution in [0.1, 0.15) is 30.2 Å². The summed E-state index contributed by atoms with van der Waals surface area (Å²) >= 11 is 1.74. The van der Waals surface area contributed by atoms with E-state index in [0.717, 1.165) is 24.5 Å². The number of hydrogen-bond donors (Lipinski definition) is 2. The molecule has 0 saturated carbocycles. The Hall–Kier alpha value is -0.450. The second kappa shape index (κ2) is 6.20. The van der Waals surface area contributed by atoms with Crippen molar-refractivity contribution in [3.05, 3.63) is 16.1 Å². The van der Waals surface area contributed by atoms with Gasteiger partial charge in [-0.3, -0.25) is 0 Å². The van der Waals surface area contributed by atoms with E-state index in [0.29, 0.717) is 5.92 Å². The molecule has 1 aromatic rings. The lowest BCUT2D eigenvalue weighted by molar-refractivity contribution is 0.467. The Kier molecular flexibility index (Phi) is 5.22. The standard InChI is InChI=1S/C11H21N3S/c1-8(2)4-10(12)6-13-7-11-14-5-9(3)15-11/h5,8,10,13H,4,6-7,12H2,1-3H3. The van der Waals surface area contributed by atoms with Gasteiger partial charge in [-0.25, -0.2) is 4.98 Å². The van der Waals surface area contributed by atoms with Crippen LogP contribution in [0, 0.1) is 12.8 Å². The lowest BCUT2D eigenvalue weighted by Crippen LogP contribution is -2.34. The predicted octanol–water partition coefficient (Wildman–Crippen LogP) is 1.91. The van der Waals surface area contributed by atoms with Gasteiger partial charge in [0.1, 0.15) is 5.01 Å². The van der Waals surface area contributed by atoms with Crippen molar-refractivity contribution < 1.29 is 0 Å². The van der Waals surface area contributed by atoms with Crippen LogP contribution in [0.4, 0.5) is 0 Å². The van der Waals surface area contributed by atoms with Crippen LogP contribution < -0.4 is 11.1 Å². The van der Waals surface area contributed by atoms with Gasteiger partial charge in [-0.05, 0) is 19.3 Å². The number of rotatable bonds is 6. The Bertz CT molecular complexity index is 283. The average Bonchev–Trinajstić information content (AvgIpc) is 2.50. The Morgan fingerprint density at radius 2 is 2.27 bits per heavy atom. The second-order valence-corrected chi connectivity index (χ2v) is 5.70. The third kappa shape index (κ3) is 5.25. The molecule has 0 spiro atoms. The molecule has 0 saturated heterocycles. The number of nitrogens with one attached hydrogen (secondary N) is 1. The molecule has 1 heterocycles. The Morgan fingerprint density at radius 3 is 2.80 bits per heavy atom. The first-order valence-electron chi connectivity index (χ1n) is 5.45. The molecular weight excluding hydrogens is 206 g/mol. The fourth-order valence-corrected chi connectivity index (χ4v) is 2.29. The van der Waals surface area contributed by atoms with E-state index in [9.17, 15) is 0 Å².